The minimum absolute atomic E-state index is 0.0937. The van der Waals surface area contributed by atoms with E-state index < -0.39 is 23.5 Å². The number of aromatic nitrogens is 3. The number of nitrogens with one attached hydrogen (secondary N) is 1. The lowest BCUT2D eigenvalue weighted by atomic mass is 10.0. The maximum Gasteiger partial charge on any atom is 0.416 e. The number of hydrogen-bond donors (Lipinski definition) is 1. The first-order chi connectivity index (χ1) is 15.1. The van der Waals surface area contributed by atoms with Crippen molar-refractivity contribution in [3.05, 3.63) is 70.4 Å². The first-order valence-corrected chi connectivity index (χ1v) is 9.36. The Morgan fingerprint density at radius 3 is 2.25 bits per heavy atom. The van der Waals surface area contributed by atoms with E-state index in [1.54, 1.807) is 19.3 Å². The van der Waals surface area contributed by atoms with Crippen molar-refractivity contribution < 1.29 is 31.1 Å². The van der Waals surface area contributed by atoms with Crippen LogP contribution in [-0.2, 0) is 30.1 Å². The zero-order chi connectivity index (χ0) is 23.4. The summed E-state index contributed by atoms with van der Waals surface area (Å²) in [4.78, 5) is 3.91. The van der Waals surface area contributed by atoms with Crippen LogP contribution in [0.5, 0.6) is 0 Å². The number of hydrogen-bond acceptors (Lipinski definition) is 4. The zero-order valence-electron chi connectivity index (χ0n) is 16.8. The molecule has 0 saturated carbocycles. The van der Waals surface area contributed by atoms with Crippen LogP contribution in [0.1, 0.15) is 27.9 Å². The summed E-state index contributed by atoms with van der Waals surface area (Å²) in [7, 11) is 1.61. The Labute approximate surface area is 179 Å². The molecule has 0 radical (unpaired) electrons. The van der Waals surface area contributed by atoms with Crippen LogP contribution in [0.4, 0.5) is 26.3 Å². The van der Waals surface area contributed by atoms with E-state index in [1.165, 1.54) is 0 Å². The molecule has 5 nitrogen and oxygen atoms in total. The Morgan fingerprint density at radius 1 is 0.938 bits per heavy atom. The van der Waals surface area contributed by atoms with Gasteiger partial charge in [-0.1, -0.05) is 18.2 Å². The molecule has 0 aliphatic carbocycles. The van der Waals surface area contributed by atoms with Gasteiger partial charge in [0.05, 0.1) is 30.6 Å². The molecule has 0 spiro atoms. The topological polar surface area (TPSA) is 63.2 Å². The summed E-state index contributed by atoms with van der Waals surface area (Å²) >= 11 is 0. The molecule has 3 rings (SSSR count). The Balaban J connectivity index is 1.66. The molecule has 2 aromatic carbocycles. The number of H-pyrrole nitrogens is 1. The molecule has 1 aromatic heterocycles. The third-order valence-electron chi connectivity index (χ3n) is 4.48. The van der Waals surface area contributed by atoms with Gasteiger partial charge in [-0.15, -0.1) is 0 Å². The van der Waals surface area contributed by atoms with E-state index in [1.807, 2.05) is 18.2 Å². The molecule has 0 fully saturated rings. The van der Waals surface area contributed by atoms with Crippen molar-refractivity contribution >= 4 is 6.21 Å². The SMILES string of the molecule is CN=Cc1n[nH]nc1-c1cccc(CCOCc2cc(C(F)(F)F)cc(C(F)(F)F)c2)c1. The van der Waals surface area contributed by atoms with E-state index in [-0.39, 0.29) is 24.8 Å². The fourth-order valence-electron chi connectivity index (χ4n) is 3.02. The number of rotatable bonds is 7. The van der Waals surface area contributed by atoms with Crippen LogP contribution in [0.25, 0.3) is 11.3 Å². The molecule has 0 aliphatic rings. The van der Waals surface area contributed by atoms with Gasteiger partial charge in [0.1, 0.15) is 11.4 Å². The molecule has 0 bridgehead atoms. The maximum absolute atomic E-state index is 12.9. The second-order valence-electron chi connectivity index (χ2n) is 6.86. The number of halogens is 6. The van der Waals surface area contributed by atoms with Crippen LogP contribution in [0.2, 0.25) is 0 Å². The van der Waals surface area contributed by atoms with Crippen molar-refractivity contribution in [3.63, 3.8) is 0 Å². The second kappa shape index (κ2) is 9.51. The molecular formula is C21H18F6N4O. The molecule has 0 unspecified atom stereocenters. The highest BCUT2D eigenvalue weighted by molar-refractivity contribution is 5.86. The van der Waals surface area contributed by atoms with E-state index in [2.05, 4.69) is 20.4 Å². The number of aliphatic imine (C=N–C) groups is 1. The highest BCUT2D eigenvalue weighted by Crippen LogP contribution is 2.36. The van der Waals surface area contributed by atoms with Crippen molar-refractivity contribution in [3.8, 4) is 11.3 Å². The molecule has 11 heteroatoms. The zero-order valence-corrected chi connectivity index (χ0v) is 16.8. The van der Waals surface area contributed by atoms with E-state index >= 15 is 0 Å². The van der Waals surface area contributed by atoms with Crippen molar-refractivity contribution in [2.75, 3.05) is 13.7 Å². The van der Waals surface area contributed by atoms with Gasteiger partial charge in [0.2, 0.25) is 0 Å². The van der Waals surface area contributed by atoms with E-state index in [0.29, 0.717) is 29.9 Å². The quantitative estimate of drug-likeness (QED) is 0.298. The standard InChI is InChI=1S/C21H18F6N4O/c1-28-11-18-19(30-31-29-18)15-4-2-3-13(7-15)5-6-32-12-14-8-16(20(22,23)24)10-17(9-14)21(25,26)27/h2-4,7-11H,5-6,12H2,1H3,(H,29,30,31). The van der Waals surface area contributed by atoms with Crippen LogP contribution < -0.4 is 0 Å². The van der Waals surface area contributed by atoms with Crippen molar-refractivity contribution in [1.29, 1.82) is 0 Å². The van der Waals surface area contributed by atoms with Gasteiger partial charge in [-0.2, -0.15) is 41.8 Å². The van der Waals surface area contributed by atoms with Crippen LogP contribution in [-0.4, -0.2) is 35.3 Å². The molecule has 0 amide bonds. The first kappa shape index (κ1) is 23.5. The Morgan fingerprint density at radius 2 is 1.62 bits per heavy atom. The van der Waals surface area contributed by atoms with Crippen molar-refractivity contribution in [2.24, 2.45) is 4.99 Å². The van der Waals surface area contributed by atoms with E-state index in [9.17, 15) is 26.3 Å². The van der Waals surface area contributed by atoms with E-state index in [4.69, 9.17) is 4.74 Å². The molecule has 170 valence electrons. The molecule has 0 saturated heterocycles. The predicted octanol–water partition coefficient (Wildman–Crippen LogP) is 5.32. The Bertz CT molecular complexity index is 1060. The van der Waals surface area contributed by atoms with E-state index in [0.717, 1.165) is 11.1 Å². The molecule has 1 heterocycles. The first-order valence-electron chi connectivity index (χ1n) is 9.36. The van der Waals surface area contributed by atoms with Crippen LogP contribution >= 0.6 is 0 Å². The summed E-state index contributed by atoms with van der Waals surface area (Å²) in [5, 5.41) is 10.6. The van der Waals surface area contributed by atoms with Gasteiger partial charge in [0.15, 0.2) is 0 Å². The normalized spacial score (nSPS) is 12.6. The number of alkyl halides is 6. The van der Waals surface area contributed by atoms with Gasteiger partial charge in [0, 0.05) is 12.6 Å². The highest BCUT2D eigenvalue weighted by atomic mass is 19.4. The van der Waals surface area contributed by atoms with Crippen LogP contribution in [0, 0.1) is 0 Å². The fraction of sp³-hybridized carbons (Fsp3) is 0.286. The van der Waals surface area contributed by atoms with Crippen molar-refractivity contribution in [2.45, 2.75) is 25.4 Å². The van der Waals surface area contributed by atoms with Crippen molar-refractivity contribution in [1.82, 2.24) is 15.4 Å². The summed E-state index contributed by atoms with van der Waals surface area (Å²) < 4.78 is 83.1. The lowest BCUT2D eigenvalue weighted by Crippen LogP contribution is -2.12. The smallest absolute Gasteiger partial charge is 0.376 e. The van der Waals surface area contributed by atoms with Gasteiger partial charge in [0.25, 0.3) is 0 Å². The van der Waals surface area contributed by atoms with Crippen LogP contribution in [0.3, 0.4) is 0 Å². The number of nitrogens with zero attached hydrogens (tertiary/aromatic N) is 3. The monoisotopic (exact) mass is 456 g/mol. The minimum atomic E-state index is -4.89. The molecule has 3 aromatic rings. The summed E-state index contributed by atoms with van der Waals surface area (Å²) in [6.45, 7) is -0.282. The minimum Gasteiger partial charge on any atom is -0.376 e. The maximum atomic E-state index is 12.9. The number of aromatic amines is 1. The summed E-state index contributed by atoms with van der Waals surface area (Å²) in [6.07, 6.45) is -7.83. The summed E-state index contributed by atoms with van der Waals surface area (Å²) in [5.41, 5.74) is -0.140. The molecule has 0 atom stereocenters. The van der Waals surface area contributed by atoms with Gasteiger partial charge in [-0.25, -0.2) is 0 Å². The Hall–Kier alpha value is -3.21. The summed E-state index contributed by atoms with van der Waals surface area (Å²) in [6, 6.07) is 8.73. The van der Waals surface area contributed by atoms with Gasteiger partial charge in [-0.3, -0.25) is 4.99 Å². The molecular weight excluding hydrogens is 438 g/mol. The molecule has 0 aliphatic heterocycles. The fourth-order valence-corrected chi connectivity index (χ4v) is 3.02. The van der Waals surface area contributed by atoms with Gasteiger partial charge in [-0.05, 0) is 41.8 Å². The summed E-state index contributed by atoms with van der Waals surface area (Å²) in [5.74, 6) is 0. The predicted molar refractivity (Wildman–Crippen MR) is 105 cm³/mol. The van der Waals surface area contributed by atoms with Gasteiger partial charge < -0.3 is 4.74 Å². The number of benzene rings is 2. The molecule has 1 N–H and O–H groups in total. The second-order valence-corrected chi connectivity index (χ2v) is 6.86. The largest absolute Gasteiger partial charge is 0.416 e. The average Bonchev–Trinajstić information content (AvgIpc) is 3.19. The average molecular weight is 456 g/mol. The third kappa shape index (κ3) is 5.94. The van der Waals surface area contributed by atoms with Crippen LogP contribution in [0.15, 0.2) is 47.5 Å². The number of ether oxygens (including phenoxy) is 1. The lowest BCUT2D eigenvalue weighted by Gasteiger charge is -2.14. The lowest BCUT2D eigenvalue weighted by molar-refractivity contribution is -0.143. The third-order valence-corrected chi connectivity index (χ3v) is 4.48. The van der Waals surface area contributed by atoms with Gasteiger partial charge >= 0.3 is 12.4 Å². The Kier molecular flexibility index (Phi) is 6.97. The highest BCUT2D eigenvalue weighted by Gasteiger charge is 2.36. The molecule has 32 heavy (non-hydrogen) atoms.